The zero-order valence-corrected chi connectivity index (χ0v) is 12.0. The van der Waals surface area contributed by atoms with Crippen LogP contribution in [0.25, 0.3) is 0 Å². The fourth-order valence-electron chi connectivity index (χ4n) is 2.44. The fourth-order valence-corrected chi connectivity index (χ4v) is 2.44. The van der Waals surface area contributed by atoms with Gasteiger partial charge in [0.05, 0.1) is 13.7 Å². The van der Waals surface area contributed by atoms with E-state index in [9.17, 15) is 14.0 Å². The lowest BCUT2D eigenvalue weighted by Crippen LogP contribution is -2.40. The molecule has 1 aromatic rings. The van der Waals surface area contributed by atoms with E-state index in [1.807, 2.05) is 0 Å². The Balaban J connectivity index is 2.11. The lowest BCUT2D eigenvalue weighted by atomic mass is 10.2. The third kappa shape index (κ3) is 3.32. The average Bonchev–Trinajstić information content (AvgIpc) is 2.92. The first-order valence-electron chi connectivity index (χ1n) is 6.85. The molecule has 2 rings (SSSR count). The molecule has 0 aromatic heterocycles. The van der Waals surface area contributed by atoms with Crippen LogP contribution in [0.1, 0.15) is 19.8 Å². The van der Waals surface area contributed by atoms with Crippen LogP contribution >= 0.6 is 0 Å². The van der Waals surface area contributed by atoms with E-state index in [4.69, 9.17) is 9.47 Å². The Morgan fingerprint density at radius 1 is 1.38 bits per heavy atom. The quantitative estimate of drug-likeness (QED) is 0.794. The van der Waals surface area contributed by atoms with E-state index in [1.54, 1.807) is 19.1 Å². The summed E-state index contributed by atoms with van der Waals surface area (Å²) in [5.41, 5.74) is 0. The van der Waals surface area contributed by atoms with Crippen molar-refractivity contribution in [3.8, 4) is 5.75 Å². The molecule has 0 bridgehead atoms. The Morgan fingerprint density at radius 3 is 2.71 bits per heavy atom. The Kier molecular flexibility index (Phi) is 4.77. The SMILES string of the molecule is CCC(=O)N1CC(Oc2ccccc2F)CC1C(=O)OC. The van der Waals surface area contributed by atoms with Crippen LogP contribution in [0.2, 0.25) is 0 Å². The van der Waals surface area contributed by atoms with Gasteiger partial charge in [0.2, 0.25) is 5.91 Å². The summed E-state index contributed by atoms with van der Waals surface area (Å²) in [7, 11) is 1.28. The van der Waals surface area contributed by atoms with E-state index >= 15 is 0 Å². The van der Waals surface area contributed by atoms with Gasteiger partial charge in [-0.2, -0.15) is 0 Å². The molecule has 1 aliphatic rings. The number of benzene rings is 1. The van der Waals surface area contributed by atoms with Crippen molar-refractivity contribution in [2.24, 2.45) is 0 Å². The van der Waals surface area contributed by atoms with E-state index in [-0.39, 0.29) is 18.2 Å². The molecular weight excluding hydrogens is 277 g/mol. The summed E-state index contributed by atoms with van der Waals surface area (Å²) in [5, 5.41) is 0. The molecule has 1 fully saturated rings. The number of hydrogen-bond acceptors (Lipinski definition) is 4. The summed E-state index contributed by atoms with van der Waals surface area (Å²) in [4.78, 5) is 25.1. The second kappa shape index (κ2) is 6.56. The number of esters is 1. The zero-order chi connectivity index (χ0) is 15.4. The molecule has 1 saturated heterocycles. The molecule has 0 aliphatic carbocycles. The van der Waals surface area contributed by atoms with Gasteiger partial charge >= 0.3 is 5.97 Å². The Hall–Kier alpha value is -2.11. The summed E-state index contributed by atoms with van der Waals surface area (Å²) in [6.07, 6.45) is 0.161. The van der Waals surface area contributed by atoms with Gasteiger partial charge in [0, 0.05) is 12.8 Å². The molecule has 2 atom stereocenters. The molecule has 1 aromatic carbocycles. The van der Waals surface area contributed by atoms with Gasteiger partial charge in [-0.15, -0.1) is 0 Å². The second-order valence-electron chi connectivity index (χ2n) is 4.84. The first kappa shape index (κ1) is 15.3. The highest BCUT2D eigenvalue weighted by molar-refractivity contribution is 5.85. The normalized spacial score (nSPS) is 21.2. The van der Waals surface area contributed by atoms with Crippen molar-refractivity contribution in [1.82, 2.24) is 4.90 Å². The van der Waals surface area contributed by atoms with E-state index in [0.29, 0.717) is 12.8 Å². The molecule has 0 N–H and O–H groups in total. The summed E-state index contributed by atoms with van der Waals surface area (Å²) in [5.74, 6) is -0.967. The average molecular weight is 295 g/mol. The molecule has 1 amide bonds. The number of amides is 1. The highest BCUT2D eigenvalue weighted by Gasteiger charge is 2.41. The van der Waals surface area contributed by atoms with E-state index in [1.165, 1.54) is 24.1 Å². The first-order chi connectivity index (χ1) is 10.1. The van der Waals surface area contributed by atoms with Gasteiger partial charge in [0.15, 0.2) is 11.6 Å². The summed E-state index contributed by atoms with van der Waals surface area (Å²) in [6.45, 7) is 1.97. The predicted molar refractivity (Wildman–Crippen MR) is 73.2 cm³/mol. The van der Waals surface area contributed by atoms with Crippen molar-refractivity contribution in [2.75, 3.05) is 13.7 Å². The Morgan fingerprint density at radius 2 is 2.10 bits per heavy atom. The largest absolute Gasteiger partial charge is 0.485 e. The molecule has 21 heavy (non-hydrogen) atoms. The number of ether oxygens (including phenoxy) is 2. The van der Waals surface area contributed by atoms with E-state index < -0.39 is 23.9 Å². The Bertz CT molecular complexity index is 510. The maximum absolute atomic E-state index is 13.6. The molecule has 0 radical (unpaired) electrons. The lowest BCUT2D eigenvalue weighted by Gasteiger charge is -2.21. The van der Waals surface area contributed by atoms with Crippen molar-refractivity contribution in [2.45, 2.75) is 31.9 Å². The highest BCUT2D eigenvalue weighted by atomic mass is 19.1. The molecule has 6 heteroatoms. The summed E-state index contributed by atoms with van der Waals surface area (Å²) >= 11 is 0. The van der Waals surface area contributed by atoms with Gasteiger partial charge < -0.3 is 14.4 Å². The minimum atomic E-state index is -0.667. The van der Waals surface area contributed by atoms with Crippen LogP contribution < -0.4 is 4.74 Å². The molecule has 2 unspecified atom stereocenters. The molecular formula is C15H18FNO4. The van der Waals surface area contributed by atoms with Crippen LogP contribution in [0.4, 0.5) is 4.39 Å². The van der Waals surface area contributed by atoms with Crippen molar-refractivity contribution >= 4 is 11.9 Å². The third-order valence-electron chi connectivity index (χ3n) is 3.49. The summed E-state index contributed by atoms with van der Waals surface area (Å²) < 4.78 is 23.9. The van der Waals surface area contributed by atoms with Gasteiger partial charge in [0.25, 0.3) is 0 Å². The molecule has 1 aliphatic heterocycles. The van der Waals surface area contributed by atoms with Crippen LogP contribution in [0.15, 0.2) is 24.3 Å². The van der Waals surface area contributed by atoms with Crippen LogP contribution in [-0.2, 0) is 14.3 Å². The number of hydrogen-bond donors (Lipinski definition) is 0. The van der Waals surface area contributed by atoms with Gasteiger partial charge in [-0.05, 0) is 12.1 Å². The maximum atomic E-state index is 13.6. The summed E-state index contributed by atoms with van der Waals surface area (Å²) in [6, 6.07) is 5.39. The monoisotopic (exact) mass is 295 g/mol. The molecule has 5 nitrogen and oxygen atoms in total. The number of carbonyl (C=O) groups excluding carboxylic acids is 2. The molecule has 0 saturated carbocycles. The number of halogens is 1. The van der Waals surface area contributed by atoms with Gasteiger partial charge in [0.1, 0.15) is 12.1 Å². The second-order valence-corrected chi connectivity index (χ2v) is 4.84. The first-order valence-corrected chi connectivity index (χ1v) is 6.85. The fraction of sp³-hybridized carbons (Fsp3) is 0.467. The minimum absolute atomic E-state index is 0.122. The van der Waals surface area contributed by atoms with E-state index in [2.05, 4.69) is 0 Å². The molecule has 114 valence electrons. The van der Waals surface area contributed by atoms with Crippen LogP contribution in [0, 0.1) is 5.82 Å². The predicted octanol–water partition coefficient (Wildman–Crippen LogP) is 1.76. The van der Waals surface area contributed by atoms with Gasteiger partial charge in [-0.3, -0.25) is 4.79 Å². The lowest BCUT2D eigenvalue weighted by molar-refractivity contribution is -0.150. The van der Waals surface area contributed by atoms with Crippen LogP contribution in [0.5, 0.6) is 5.75 Å². The Labute approximate surface area is 122 Å². The van der Waals surface area contributed by atoms with Crippen molar-refractivity contribution in [3.63, 3.8) is 0 Å². The topological polar surface area (TPSA) is 55.8 Å². The number of para-hydroxylation sites is 1. The molecule has 0 spiro atoms. The standard InChI is InChI=1S/C15H18FNO4/c1-3-14(18)17-9-10(8-12(17)15(19)20-2)21-13-7-5-4-6-11(13)16/h4-7,10,12H,3,8-9H2,1-2H3. The van der Waals surface area contributed by atoms with Gasteiger partial charge in [-0.25, -0.2) is 9.18 Å². The van der Waals surface area contributed by atoms with Crippen LogP contribution in [-0.4, -0.2) is 42.6 Å². The smallest absolute Gasteiger partial charge is 0.328 e. The number of likely N-dealkylation sites (tertiary alicyclic amines) is 1. The molecule has 1 heterocycles. The van der Waals surface area contributed by atoms with Crippen molar-refractivity contribution in [3.05, 3.63) is 30.1 Å². The maximum Gasteiger partial charge on any atom is 0.328 e. The number of rotatable bonds is 4. The van der Waals surface area contributed by atoms with Crippen LogP contribution in [0.3, 0.4) is 0 Å². The number of carbonyl (C=O) groups is 2. The third-order valence-corrected chi connectivity index (χ3v) is 3.49. The van der Waals surface area contributed by atoms with Gasteiger partial charge in [-0.1, -0.05) is 19.1 Å². The van der Waals surface area contributed by atoms with E-state index in [0.717, 1.165) is 0 Å². The number of nitrogens with zero attached hydrogens (tertiary/aromatic N) is 1. The highest BCUT2D eigenvalue weighted by Crippen LogP contribution is 2.26. The van der Waals surface area contributed by atoms with Crippen molar-refractivity contribution in [1.29, 1.82) is 0 Å². The minimum Gasteiger partial charge on any atom is -0.485 e. The zero-order valence-electron chi connectivity index (χ0n) is 12.0. The van der Waals surface area contributed by atoms with Crippen molar-refractivity contribution < 1.29 is 23.5 Å². The number of methoxy groups -OCH3 is 1.